The van der Waals surface area contributed by atoms with Crippen molar-refractivity contribution < 1.29 is 40.5 Å². The summed E-state index contributed by atoms with van der Waals surface area (Å²) < 4.78 is 109. The van der Waals surface area contributed by atoms with E-state index in [1.165, 1.54) is 18.2 Å². The average Bonchev–Trinajstić information content (AvgIpc) is 2.81. The van der Waals surface area contributed by atoms with E-state index in [0.29, 0.717) is 5.69 Å². The van der Waals surface area contributed by atoms with Gasteiger partial charge in [0.15, 0.2) is 11.5 Å². The van der Waals surface area contributed by atoms with Gasteiger partial charge >= 0.3 is 0 Å². The minimum atomic E-state index is -3.53. The number of terminal acetylenes is 1. The van der Waals surface area contributed by atoms with Gasteiger partial charge in [-0.05, 0) is 24.3 Å². The van der Waals surface area contributed by atoms with Gasteiger partial charge < -0.3 is 29.4 Å². The number of methoxy groups -OCH3 is 2. The zero-order chi connectivity index (χ0) is 31.7. The Hall–Kier alpha value is -3.54. The quantitative estimate of drug-likeness (QED) is 0.381. The van der Waals surface area contributed by atoms with Crippen LogP contribution in [0.25, 0.3) is 10.9 Å². The summed E-state index contributed by atoms with van der Waals surface area (Å²) in [5, 5.41) is 13.0. The summed E-state index contributed by atoms with van der Waals surface area (Å²) in [6, 6.07) is 6.51. The molecule has 0 spiro atoms. The van der Waals surface area contributed by atoms with Gasteiger partial charge in [0.2, 0.25) is 0 Å². The Morgan fingerprint density at radius 2 is 1.93 bits per heavy atom. The molecule has 0 amide bonds. The SMILES string of the molecule is [2H]C([2H])([2H])OC([2H])([2H])COc1cc2c(Nc3ccc(O)c(C#C)c3)ncnc2cc1OC([2H])([2H])C([2H])([2H])OC([2H])([2H])[2H]. The summed E-state index contributed by atoms with van der Waals surface area (Å²) in [4.78, 5) is 8.21. The lowest BCUT2D eigenvalue weighted by atomic mass is 10.1. The Bertz CT molecular complexity index is 1490. The molecule has 0 saturated heterocycles. The van der Waals surface area contributed by atoms with E-state index >= 15 is 0 Å². The van der Waals surface area contributed by atoms with E-state index in [4.69, 9.17) is 32.3 Å². The van der Waals surface area contributed by atoms with Gasteiger partial charge in [-0.25, -0.2) is 9.97 Å². The Morgan fingerprint density at radius 3 is 2.77 bits per heavy atom. The summed E-state index contributed by atoms with van der Waals surface area (Å²) in [5.74, 6) is 1.25. The van der Waals surface area contributed by atoms with E-state index in [-0.39, 0.29) is 28.0 Å². The molecule has 3 rings (SSSR count). The summed E-state index contributed by atoms with van der Waals surface area (Å²) in [7, 11) is -6.48. The third-order valence-electron chi connectivity index (χ3n) is 3.73. The van der Waals surface area contributed by atoms with Crippen LogP contribution in [0.5, 0.6) is 17.2 Å². The van der Waals surface area contributed by atoms with Gasteiger partial charge in [-0.3, -0.25) is 0 Å². The fourth-order valence-electron chi connectivity index (χ4n) is 2.46. The zero-order valence-corrected chi connectivity index (χ0v) is 15.2. The molecule has 8 nitrogen and oxygen atoms in total. The predicted molar refractivity (Wildman–Crippen MR) is 114 cm³/mol. The fourth-order valence-corrected chi connectivity index (χ4v) is 2.46. The van der Waals surface area contributed by atoms with E-state index in [1.54, 1.807) is 0 Å². The minimum Gasteiger partial charge on any atom is -0.507 e. The van der Waals surface area contributed by atoms with Crippen molar-refractivity contribution in [1.29, 1.82) is 0 Å². The maximum absolute atomic E-state index is 9.85. The van der Waals surface area contributed by atoms with Crippen LogP contribution in [0, 0.1) is 12.3 Å². The molecule has 0 bridgehead atoms. The van der Waals surface area contributed by atoms with Gasteiger partial charge in [0.25, 0.3) is 0 Å². The summed E-state index contributed by atoms with van der Waals surface area (Å²) >= 11 is 0. The second kappa shape index (κ2) is 10.3. The molecule has 2 N–H and O–H groups in total. The van der Waals surface area contributed by atoms with Crippen molar-refractivity contribution >= 4 is 22.4 Å². The van der Waals surface area contributed by atoms with Crippen LogP contribution in [0.15, 0.2) is 36.7 Å². The highest BCUT2D eigenvalue weighted by molar-refractivity contribution is 5.93. The van der Waals surface area contributed by atoms with Crippen LogP contribution < -0.4 is 14.8 Å². The number of rotatable bonds is 10. The number of phenols is 1. The topological polar surface area (TPSA) is 95.0 Å². The van der Waals surface area contributed by atoms with Crippen molar-refractivity contribution in [1.82, 2.24) is 9.97 Å². The monoisotopic (exact) mass is 421 g/mol. The molecule has 156 valence electrons. The van der Waals surface area contributed by atoms with Crippen LogP contribution in [0.1, 0.15) is 22.0 Å². The third kappa shape index (κ3) is 5.08. The van der Waals surface area contributed by atoms with E-state index in [2.05, 4.69) is 30.7 Å². The van der Waals surface area contributed by atoms with Crippen molar-refractivity contribution in [2.45, 2.75) is 0 Å². The molecule has 30 heavy (non-hydrogen) atoms. The van der Waals surface area contributed by atoms with Gasteiger partial charge in [-0.1, -0.05) is 5.92 Å². The van der Waals surface area contributed by atoms with Crippen LogP contribution in [0.3, 0.4) is 0 Å². The largest absolute Gasteiger partial charge is 0.507 e. The standard InChI is InChI=1S/C22H23N3O5/c1-4-15-11-16(5-6-19(15)26)25-22-17-12-20(29-9-7-27-2)21(30-10-8-28-3)13-18(17)23-14-24-22/h1,5-6,11-14,26H,7-10H2,2-3H3,(H,23,24,25)/i2D3,3D3,7D2,8D2,10D2. The lowest BCUT2D eigenvalue weighted by Crippen LogP contribution is -2.09. The highest BCUT2D eigenvalue weighted by atomic mass is 16.5. The number of aromatic nitrogens is 2. The first kappa shape index (κ1) is 10.5. The van der Waals surface area contributed by atoms with E-state index in [0.717, 1.165) is 18.5 Å². The molecule has 0 unspecified atom stereocenters. The van der Waals surface area contributed by atoms with Crippen molar-refractivity contribution in [2.24, 2.45) is 0 Å². The normalized spacial score (nSPS) is 18.8. The number of phenolic OH excluding ortho intramolecular Hbond substituents is 1. The van der Waals surface area contributed by atoms with Crippen LogP contribution in [0.2, 0.25) is 0 Å². The minimum absolute atomic E-state index is 0.0701. The van der Waals surface area contributed by atoms with Gasteiger partial charge in [0.05, 0.1) is 40.6 Å². The Kier molecular flexibility index (Phi) is 3.60. The molecule has 2 aromatic carbocycles. The predicted octanol–water partition coefficient (Wildman–Crippen LogP) is 3.11. The smallest absolute Gasteiger partial charge is 0.163 e. The first-order valence-electron chi connectivity index (χ1n) is 14.2. The highest BCUT2D eigenvalue weighted by Gasteiger charge is 2.13. The van der Waals surface area contributed by atoms with Crippen molar-refractivity contribution in [3.05, 3.63) is 42.2 Å². The molecular weight excluding hydrogens is 386 g/mol. The second-order valence-electron chi connectivity index (χ2n) is 5.48. The highest BCUT2D eigenvalue weighted by Crippen LogP contribution is 2.35. The lowest BCUT2D eigenvalue weighted by molar-refractivity contribution is 0.132. The van der Waals surface area contributed by atoms with Crippen LogP contribution in [0.4, 0.5) is 11.5 Å². The van der Waals surface area contributed by atoms with E-state index in [9.17, 15) is 5.11 Å². The number of aromatic hydroxyl groups is 1. The van der Waals surface area contributed by atoms with Crippen molar-refractivity contribution in [3.8, 4) is 29.6 Å². The first-order chi connectivity index (χ1) is 19.1. The molecule has 0 fully saturated rings. The van der Waals surface area contributed by atoms with Crippen molar-refractivity contribution in [3.63, 3.8) is 0 Å². The maximum Gasteiger partial charge on any atom is 0.163 e. The van der Waals surface area contributed by atoms with E-state index < -0.39 is 51.9 Å². The number of hydrogen-bond acceptors (Lipinski definition) is 8. The zero-order valence-electron chi connectivity index (χ0n) is 27.2. The van der Waals surface area contributed by atoms with Gasteiger partial charge in [0, 0.05) is 31.2 Å². The number of nitrogens with zero attached hydrogens (tertiary/aromatic N) is 2. The molecule has 0 saturated carbocycles. The molecule has 0 aliphatic heterocycles. The number of ether oxygens (including phenoxy) is 4. The van der Waals surface area contributed by atoms with Crippen molar-refractivity contribution in [2.75, 3.05) is 45.7 Å². The molecule has 0 aliphatic rings. The summed E-state index contributed by atoms with van der Waals surface area (Å²) in [5.41, 5.74) is 0.628. The van der Waals surface area contributed by atoms with Gasteiger partial charge in [-0.15, -0.1) is 6.42 Å². The summed E-state index contributed by atoms with van der Waals surface area (Å²) in [6.45, 7) is -10.9. The Balaban J connectivity index is 2.09. The molecule has 1 heterocycles. The molecule has 3 aromatic rings. The average molecular weight is 422 g/mol. The third-order valence-corrected chi connectivity index (χ3v) is 3.73. The summed E-state index contributed by atoms with van der Waals surface area (Å²) in [6.07, 6.45) is 6.51. The molecule has 8 heteroatoms. The lowest BCUT2D eigenvalue weighted by Gasteiger charge is -2.15. The molecule has 0 radical (unpaired) electrons. The molecule has 0 aliphatic carbocycles. The molecule has 1 aromatic heterocycles. The second-order valence-corrected chi connectivity index (χ2v) is 5.48. The van der Waals surface area contributed by atoms with Crippen LogP contribution >= 0.6 is 0 Å². The van der Waals surface area contributed by atoms with Crippen LogP contribution in [-0.2, 0) is 9.47 Å². The molecule has 0 atom stereocenters. The van der Waals surface area contributed by atoms with Gasteiger partial charge in [-0.2, -0.15) is 0 Å². The Labute approximate surface area is 191 Å². The number of anilines is 2. The number of nitrogens with one attached hydrogen (secondary N) is 1. The fraction of sp³-hybridized carbons (Fsp3) is 0.273. The Morgan fingerprint density at radius 1 is 1.10 bits per heavy atom. The number of fused-ring (bicyclic) bond motifs is 1. The number of hydrogen-bond donors (Lipinski definition) is 2. The molecular formula is C22H23N3O5. The van der Waals surface area contributed by atoms with Gasteiger partial charge in [0.1, 0.15) is 31.1 Å². The number of benzene rings is 2. The first-order valence-corrected chi connectivity index (χ1v) is 8.19. The van der Waals surface area contributed by atoms with Crippen LogP contribution in [-0.4, -0.2) is 55.4 Å². The van der Waals surface area contributed by atoms with E-state index in [1.807, 2.05) is 0 Å². The maximum atomic E-state index is 9.85.